The minimum atomic E-state index is -0.441. The number of rotatable bonds is 19. The molecule has 0 N–H and O–H groups in total. The van der Waals surface area contributed by atoms with Crippen LogP contribution in [0.15, 0.2) is 97.1 Å². The van der Waals surface area contributed by atoms with Crippen LogP contribution in [0.1, 0.15) is 53.3 Å². The van der Waals surface area contributed by atoms with Crippen molar-refractivity contribution in [3.8, 4) is 34.5 Å². The van der Waals surface area contributed by atoms with E-state index >= 15 is 0 Å². The third-order valence-electron chi connectivity index (χ3n) is 7.79. The van der Waals surface area contributed by atoms with Gasteiger partial charge in [0.1, 0.15) is 59.9 Å². The highest BCUT2D eigenvalue weighted by atomic mass is 16.6. The molecular formula is C39H40O10. The zero-order valence-corrected chi connectivity index (χ0v) is 27.4. The fourth-order valence-corrected chi connectivity index (χ4v) is 4.80. The maximum atomic E-state index is 12.6. The van der Waals surface area contributed by atoms with Crippen LogP contribution in [0.4, 0.5) is 0 Å². The van der Waals surface area contributed by atoms with E-state index in [1.807, 2.05) is 6.92 Å². The first kappa shape index (κ1) is 33.8. The number of hydrogen-bond acceptors (Lipinski definition) is 10. The van der Waals surface area contributed by atoms with E-state index in [-0.39, 0.29) is 18.3 Å². The molecule has 2 aliphatic heterocycles. The summed E-state index contributed by atoms with van der Waals surface area (Å²) in [5, 5.41) is 0. The molecule has 3 atom stereocenters. The summed E-state index contributed by atoms with van der Waals surface area (Å²) in [7, 11) is 0. The molecule has 0 bridgehead atoms. The van der Waals surface area contributed by atoms with Crippen LogP contribution >= 0.6 is 0 Å². The molecule has 0 amide bonds. The number of ether oxygens (including phenoxy) is 8. The molecule has 256 valence electrons. The van der Waals surface area contributed by atoms with Crippen LogP contribution in [0, 0.1) is 0 Å². The average molecular weight is 669 g/mol. The zero-order chi connectivity index (χ0) is 33.8. The molecule has 4 aromatic rings. The van der Waals surface area contributed by atoms with Crippen molar-refractivity contribution in [3.05, 3.63) is 108 Å². The molecule has 2 heterocycles. The van der Waals surface area contributed by atoms with Crippen LogP contribution in [0.3, 0.4) is 0 Å². The number of carbonyl (C=O) groups excluding carboxylic acids is 2. The topological polar surface area (TPSA) is 115 Å². The predicted molar refractivity (Wildman–Crippen MR) is 180 cm³/mol. The van der Waals surface area contributed by atoms with E-state index in [9.17, 15) is 9.59 Å². The predicted octanol–water partition coefficient (Wildman–Crippen LogP) is 7.09. The van der Waals surface area contributed by atoms with Crippen molar-refractivity contribution in [3.63, 3.8) is 0 Å². The summed E-state index contributed by atoms with van der Waals surface area (Å²) in [6.07, 6.45) is 4.14. The molecule has 0 aromatic heterocycles. The van der Waals surface area contributed by atoms with Crippen LogP contribution in [0.2, 0.25) is 0 Å². The van der Waals surface area contributed by atoms with Gasteiger partial charge >= 0.3 is 11.9 Å². The summed E-state index contributed by atoms with van der Waals surface area (Å²) in [6, 6.07) is 27.8. The quantitative estimate of drug-likeness (QED) is 0.0444. The summed E-state index contributed by atoms with van der Waals surface area (Å²) in [5.74, 6) is 2.81. The van der Waals surface area contributed by atoms with Crippen LogP contribution in [0.25, 0.3) is 0 Å². The first-order valence-corrected chi connectivity index (χ1v) is 16.6. The first-order valence-electron chi connectivity index (χ1n) is 16.6. The van der Waals surface area contributed by atoms with Crippen molar-refractivity contribution in [2.24, 2.45) is 0 Å². The highest BCUT2D eigenvalue weighted by Crippen LogP contribution is 2.23. The average Bonchev–Trinajstić information content (AvgIpc) is 4.06. The molecule has 10 heteroatoms. The second-order valence-electron chi connectivity index (χ2n) is 11.9. The Morgan fingerprint density at radius 2 is 0.980 bits per heavy atom. The summed E-state index contributed by atoms with van der Waals surface area (Å²) >= 11 is 0. The van der Waals surface area contributed by atoms with E-state index in [1.165, 1.54) is 0 Å². The molecule has 2 saturated heterocycles. The van der Waals surface area contributed by atoms with E-state index in [4.69, 9.17) is 37.9 Å². The van der Waals surface area contributed by atoms with Crippen molar-refractivity contribution >= 4 is 11.9 Å². The molecule has 4 aromatic carbocycles. The van der Waals surface area contributed by atoms with Gasteiger partial charge in [0.25, 0.3) is 0 Å². The van der Waals surface area contributed by atoms with Gasteiger partial charge in [-0.25, -0.2) is 9.59 Å². The van der Waals surface area contributed by atoms with Gasteiger partial charge in [0.15, 0.2) is 0 Å². The summed E-state index contributed by atoms with van der Waals surface area (Å²) in [4.78, 5) is 25.1. The molecule has 6 rings (SSSR count). The number of unbranched alkanes of at least 4 members (excludes halogenated alkanes) is 2. The van der Waals surface area contributed by atoms with Gasteiger partial charge in [-0.15, -0.1) is 0 Å². The van der Waals surface area contributed by atoms with E-state index in [1.54, 1.807) is 97.1 Å². The first-order chi connectivity index (χ1) is 24.0. The lowest BCUT2D eigenvalue weighted by molar-refractivity contribution is 0.0725. The molecule has 3 unspecified atom stereocenters. The third kappa shape index (κ3) is 11.3. The highest BCUT2D eigenvalue weighted by Gasteiger charge is 2.23. The van der Waals surface area contributed by atoms with E-state index in [0.29, 0.717) is 65.4 Å². The van der Waals surface area contributed by atoms with E-state index in [2.05, 4.69) is 0 Å². The normalized spacial score (nSPS) is 16.6. The van der Waals surface area contributed by atoms with Gasteiger partial charge in [0, 0.05) is 0 Å². The standard InChI is InChI=1S/C39H40O10/c1-27(47-33-12-8-29(9-13-33)39(41)49-35-20-16-32(17-21-35)44-24-37-26-46-37)5-3-2-4-22-42-30-10-6-28(7-11-30)38(40)48-34-18-14-31(15-19-34)43-23-36-25-45-36/h6-21,27,36-37H,2-5,22-26H2,1H3. The lowest BCUT2D eigenvalue weighted by Gasteiger charge is -2.15. The Hall–Kier alpha value is -5.06. The maximum absolute atomic E-state index is 12.6. The fraction of sp³-hybridized carbons (Fsp3) is 0.333. The minimum Gasteiger partial charge on any atom is -0.494 e. The number of carbonyl (C=O) groups is 2. The van der Waals surface area contributed by atoms with Crippen molar-refractivity contribution < 1.29 is 47.5 Å². The largest absolute Gasteiger partial charge is 0.494 e. The van der Waals surface area contributed by atoms with Gasteiger partial charge in [-0.2, -0.15) is 0 Å². The van der Waals surface area contributed by atoms with Gasteiger partial charge in [-0.05, 0) is 130 Å². The fourth-order valence-electron chi connectivity index (χ4n) is 4.80. The minimum absolute atomic E-state index is 0.0203. The molecule has 2 aliphatic rings. The van der Waals surface area contributed by atoms with Gasteiger partial charge in [-0.1, -0.05) is 0 Å². The molecule has 2 fully saturated rings. The van der Waals surface area contributed by atoms with Gasteiger partial charge in [0.2, 0.25) is 0 Å². The van der Waals surface area contributed by atoms with Gasteiger partial charge in [0.05, 0.1) is 37.1 Å². The number of epoxide rings is 2. The van der Waals surface area contributed by atoms with Crippen LogP contribution < -0.4 is 28.4 Å². The summed E-state index contributed by atoms with van der Waals surface area (Å²) in [5.41, 5.74) is 0.878. The van der Waals surface area contributed by atoms with Crippen molar-refractivity contribution in [1.82, 2.24) is 0 Å². The second-order valence-corrected chi connectivity index (χ2v) is 11.9. The summed E-state index contributed by atoms with van der Waals surface area (Å²) < 4.78 is 44.3. The summed E-state index contributed by atoms with van der Waals surface area (Å²) in [6.45, 7) is 5.13. The SMILES string of the molecule is CC(CCCCCOc1ccc(C(=O)Oc2ccc(OCC3CO3)cc2)cc1)Oc1ccc(C(=O)Oc2ccc(OCC3CO3)cc2)cc1. The van der Waals surface area contributed by atoms with Crippen molar-refractivity contribution in [1.29, 1.82) is 0 Å². The monoisotopic (exact) mass is 668 g/mol. The molecule has 0 aliphatic carbocycles. The molecule has 49 heavy (non-hydrogen) atoms. The number of hydrogen-bond donors (Lipinski definition) is 0. The molecule has 0 radical (unpaired) electrons. The van der Waals surface area contributed by atoms with E-state index < -0.39 is 11.9 Å². The van der Waals surface area contributed by atoms with Gasteiger partial charge < -0.3 is 37.9 Å². The zero-order valence-electron chi connectivity index (χ0n) is 27.4. The third-order valence-corrected chi connectivity index (χ3v) is 7.79. The van der Waals surface area contributed by atoms with Crippen molar-refractivity contribution in [2.75, 3.05) is 33.0 Å². The lowest BCUT2D eigenvalue weighted by Crippen LogP contribution is -2.12. The molecule has 0 spiro atoms. The molecule has 10 nitrogen and oxygen atoms in total. The van der Waals surface area contributed by atoms with Crippen LogP contribution in [0.5, 0.6) is 34.5 Å². The Kier molecular flexibility index (Phi) is 11.6. The van der Waals surface area contributed by atoms with Crippen LogP contribution in [-0.2, 0) is 9.47 Å². The second kappa shape index (κ2) is 16.9. The molecular weight excluding hydrogens is 628 g/mol. The number of esters is 2. The smallest absolute Gasteiger partial charge is 0.343 e. The highest BCUT2D eigenvalue weighted by molar-refractivity contribution is 5.91. The molecule has 0 saturated carbocycles. The Morgan fingerprint density at radius 1 is 0.571 bits per heavy atom. The Balaban J connectivity index is 0.823. The van der Waals surface area contributed by atoms with E-state index in [0.717, 1.165) is 38.9 Å². The lowest BCUT2D eigenvalue weighted by atomic mass is 10.1. The Labute approximate surface area is 285 Å². The maximum Gasteiger partial charge on any atom is 0.343 e. The Bertz CT molecular complexity index is 1630. The van der Waals surface area contributed by atoms with Gasteiger partial charge in [-0.3, -0.25) is 0 Å². The van der Waals surface area contributed by atoms with Crippen LogP contribution in [-0.4, -0.2) is 63.3 Å². The number of benzene rings is 4. The van der Waals surface area contributed by atoms with Crippen molar-refractivity contribution in [2.45, 2.75) is 50.9 Å². The Morgan fingerprint density at radius 3 is 1.45 bits per heavy atom.